The van der Waals surface area contributed by atoms with Crippen LogP contribution in [0.5, 0.6) is 17.2 Å². The van der Waals surface area contributed by atoms with Gasteiger partial charge in [0.25, 0.3) is 11.8 Å². The molecule has 0 saturated carbocycles. The maximum atomic E-state index is 12.6. The number of ether oxygens (including phenoxy) is 3. The molecule has 0 saturated heterocycles. The number of hydrogen-bond donors (Lipinski definition) is 2. The molecule has 4 rings (SSSR count). The van der Waals surface area contributed by atoms with E-state index in [-0.39, 0.29) is 19.4 Å². The molecule has 39 heavy (non-hydrogen) atoms. The lowest BCUT2D eigenvalue weighted by atomic mass is 9.92. The third-order valence-electron chi connectivity index (χ3n) is 7.01. The zero-order chi connectivity index (χ0) is 28.1. The van der Waals surface area contributed by atoms with Gasteiger partial charge < -0.3 is 24.4 Å². The molecule has 0 aliphatic carbocycles. The quantitative estimate of drug-likeness (QED) is 0.334. The molecular formula is C30H31NO8. The van der Waals surface area contributed by atoms with Crippen molar-refractivity contribution in [3.8, 4) is 28.4 Å². The first-order valence-electron chi connectivity index (χ1n) is 12.5. The van der Waals surface area contributed by atoms with Crippen molar-refractivity contribution in [2.24, 2.45) is 5.92 Å². The van der Waals surface area contributed by atoms with Crippen molar-refractivity contribution in [3.05, 3.63) is 77.4 Å². The fourth-order valence-electron chi connectivity index (χ4n) is 4.83. The Balaban J connectivity index is 1.40. The number of methoxy groups -OCH3 is 3. The van der Waals surface area contributed by atoms with E-state index in [1.165, 1.54) is 0 Å². The number of carboxylic acids is 1. The van der Waals surface area contributed by atoms with Gasteiger partial charge >= 0.3 is 5.97 Å². The van der Waals surface area contributed by atoms with E-state index in [0.717, 1.165) is 21.6 Å². The molecule has 0 unspecified atom stereocenters. The standard InChI is InChI=1S/C30H31NO8/c1-37-20-16-25(38-2)27(26(17-20)39-3)19-11-8-18(9-12-19)10-13-24(32)23(30(35)36)14-15-31-28(33)21-6-4-5-7-22(21)29(31)34/h4-9,11-12,16-17,23-24,32H,10,13-15H2,1-3H3,(H,35,36)/t23-,24+/m1/s1. The molecule has 2 N–H and O–H groups in total. The highest BCUT2D eigenvalue weighted by atomic mass is 16.5. The Labute approximate surface area is 226 Å². The number of carbonyl (C=O) groups excluding carboxylic acids is 2. The van der Waals surface area contributed by atoms with Gasteiger partial charge in [0.15, 0.2) is 0 Å². The van der Waals surface area contributed by atoms with E-state index in [2.05, 4.69) is 0 Å². The van der Waals surface area contributed by atoms with Crippen molar-refractivity contribution in [1.82, 2.24) is 4.90 Å². The summed E-state index contributed by atoms with van der Waals surface area (Å²) in [6, 6.07) is 17.7. The fraction of sp³-hybridized carbons (Fsp3) is 0.300. The Morgan fingerprint density at radius 3 is 1.90 bits per heavy atom. The van der Waals surface area contributed by atoms with E-state index in [0.29, 0.717) is 34.8 Å². The summed E-state index contributed by atoms with van der Waals surface area (Å²) in [6.45, 7) is -0.0827. The van der Waals surface area contributed by atoms with Crippen LogP contribution in [0, 0.1) is 5.92 Å². The third kappa shape index (κ3) is 5.73. The summed E-state index contributed by atoms with van der Waals surface area (Å²) in [7, 11) is 4.71. The molecule has 9 heteroatoms. The number of aliphatic hydroxyl groups is 1. The van der Waals surface area contributed by atoms with Gasteiger partial charge in [0, 0.05) is 18.7 Å². The first kappa shape index (κ1) is 27.7. The minimum atomic E-state index is -1.17. The maximum absolute atomic E-state index is 12.6. The van der Waals surface area contributed by atoms with Gasteiger partial charge in [-0.3, -0.25) is 19.3 Å². The van der Waals surface area contributed by atoms with Crippen LogP contribution in [0.25, 0.3) is 11.1 Å². The first-order chi connectivity index (χ1) is 18.8. The summed E-state index contributed by atoms with van der Waals surface area (Å²) in [5.41, 5.74) is 3.16. The normalized spacial score (nSPS) is 14.1. The molecule has 204 valence electrons. The summed E-state index contributed by atoms with van der Waals surface area (Å²) < 4.78 is 16.4. The minimum absolute atomic E-state index is 0.0437. The Morgan fingerprint density at radius 2 is 1.41 bits per heavy atom. The van der Waals surface area contributed by atoms with E-state index < -0.39 is 29.8 Å². The van der Waals surface area contributed by atoms with Crippen LogP contribution in [0.1, 0.15) is 39.1 Å². The molecule has 0 radical (unpaired) electrons. The monoisotopic (exact) mass is 533 g/mol. The highest BCUT2D eigenvalue weighted by Crippen LogP contribution is 2.41. The van der Waals surface area contributed by atoms with Crippen molar-refractivity contribution >= 4 is 17.8 Å². The van der Waals surface area contributed by atoms with E-state index in [4.69, 9.17) is 14.2 Å². The van der Waals surface area contributed by atoms with E-state index in [9.17, 15) is 24.6 Å². The Morgan fingerprint density at radius 1 is 0.846 bits per heavy atom. The molecule has 0 aromatic heterocycles. The Kier molecular flexibility index (Phi) is 8.51. The molecule has 3 aromatic rings. The van der Waals surface area contributed by atoms with Gasteiger partial charge in [-0.25, -0.2) is 0 Å². The number of carbonyl (C=O) groups is 3. The van der Waals surface area contributed by atoms with Crippen molar-refractivity contribution in [3.63, 3.8) is 0 Å². The summed E-state index contributed by atoms with van der Waals surface area (Å²) in [5.74, 6) is -1.39. The second kappa shape index (κ2) is 12.0. The van der Waals surface area contributed by atoms with Crippen molar-refractivity contribution in [2.75, 3.05) is 27.9 Å². The van der Waals surface area contributed by atoms with E-state index in [1.807, 2.05) is 24.3 Å². The average molecular weight is 534 g/mol. The first-order valence-corrected chi connectivity index (χ1v) is 12.5. The molecule has 0 fully saturated rings. The fourth-order valence-corrected chi connectivity index (χ4v) is 4.83. The molecule has 2 atom stereocenters. The molecule has 1 heterocycles. The van der Waals surface area contributed by atoms with Crippen molar-refractivity contribution in [1.29, 1.82) is 0 Å². The number of carboxylic acid groups (broad SMARTS) is 1. The van der Waals surface area contributed by atoms with Crippen molar-refractivity contribution in [2.45, 2.75) is 25.4 Å². The average Bonchev–Trinajstić information content (AvgIpc) is 3.20. The van der Waals surface area contributed by atoms with Crippen LogP contribution in [-0.4, -0.2) is 66.9 Å². The van der Waals surface area contributed by atoms with Crippen LogP contribution < -0.4 is 14.2 Å². The minimum Gasteiger partial charge on any atom is -0.496 e. The molecular weight excluding hydrogens is 502 g/mol. The smallest absolute Gasteiger partial charge is 0.309 e. The number of rotatable bonds is 12. The van der Waals surface area contributed by atoms with Gasteiger partial charge in [0.1, 0.15) is 17.2 Å². The van der Waals surface area contributed by atoms with Gasteiger partial charge in [-0.1, -0.05) is 36.4 Å². The van der Waals surface area contributed by atoms with Crippen LogP contribution in [0.15, 0.2) is 60.7 Å². The number of aliphatic hydroxyl groups excluding tert-OH is 1. The molecule has 0 spiro atoms. The lowest BCUT2D eigenvalue weighted by Crippen LogP contribution is -2.36. The molecule has 0 bridgehead atoms. The lowest BCUT2D eigenvalue weighted by Gasteiger charge is -2.22. The van der Waals surface area contributed by atoms with Crippen LogP contribution in [0.3, 0.4) is 0 Å². The zero-order valence-corrected chi connectivity index (χ0v) is 22.0. The van der Waals surface area contributed by atoms with Gasteiger partial charge in [0.05, 0.1) is 50.0 Å². The molecule has 1 aliphatic rings. The predicted molar refractivity (Wildman–Crippen MR) is 143 cm³/mol. The number of aryl methyl sites for hydroxylation is 1. The second-order valence-corrected chi connectivity index (χ2v) is 9.25. The van der Waals surface area contributed by atoms with Crippen molar-refractivity contribution < 1.29 is 38.8 Å². The maximum Gasteiger partial charge on any atom is 0.309 e. The van der Waals surface area contributed by atoms with Crippen LogP contribution >= 0.6 is 0 Å². The second-order valence-electron chi connectivity index (χ2n) is 9.25. The number of fused-ring (bicyclic) bond motifs is 1. The number of imide groups is 1. The number of amides is 2. The number of aliphatic carboxylic acids is 1. The zero-order valence-electron chi connectivity index (χ0n) is 22.0. The topological polar surface area (TPSA) is 123 Å². The lowest BCUT2D eigenvalue weighted by molar-refractivity contribution is -0.146. The number of benzene rings is 3. The highest BCUT2D eigenvalue weighted by Gasteiger charge is 2.36. The third-order valence-corrected chi connectivity index (χ3v) is 7.01. The SMILES string of the molecule is COc1cc(OC)c(-c2ccc(CC[C@H](O)[C@@H](CCN3C(=O)c4ccccc4C3=O)C(=O)O)cc2)c(OC)c1. The summed E-state index contributed by atoms with van der Waals surface area (Å²) >= 11 is 0. The van der Waals surface area contributed by atoms with Gasteiger partial charge in [-0.15, -0.1) is 0 Å². The molecule has 3 aromatic carbocycles. The molecule has 2 amide bonds. The number of nitrogens with zero attached hydrogens (tertiary/aromatic N) is 1. The van der Waals surface area contributed by atoms with Gasteiger partial charge in [-0.05, 0) is 42.5 Å². The summed E-state index contributed by atoms with van der Waals surface area (Å²) in [6.07, 6.45) is -0.556. The van der Waals surface area contributed by atoms with Crippen LogP contribution in [0.4, 0.5) is 0 Å². The predicted octanol–water partition coefficient (Wildman–Crippen LogP) is 4.06. The summed E-state index contributed by atoms with van der Waals surface area (Å²) in [5, 5.41) is 20.5. The van der Waals surface area contributed by atoms with Crippen LogP contribution in [-0.2, 0) is 11.2 Å². The number of hydrogen-bond acceptors (Lipinski definition) is 7. The Hall–Kier alpha value is -4.37. The summed E-state index contributed by atoms with van der Waals surface area (Å²) in [4.78, 5) is 38.1. The largest absolute Gasteiger partial charge is 0.496 e. The molecule has 9 nitrogen and oxygen atoms in total. The van der Waals surface area contributed by atoms with Crippen LogP contribution in [0.2, 0.25) is 0 Å². The van der Waals surface area contributed by atoms with E-state index in [1.54, 1.807) is 57.7 Å². The van der Waals surface area contributed by atoms with Gasteiger partial charge in [-0.2, -0.15) is 0 Å². The molecule has 1 aliphatic heterocycles. The van der Waals surface area contributed by atoms with Gasteiger partial charge in [0.2, 0.25) is 0 Å². The highest BCUT2D eigenvalue weighted by molar-refractivity contribution is 6.21. The van der Waals surface area contributed by atoms with E-state index >= 15 is 0 Å². The Bertz CT molecular complexity index is 1310.